The lowest BCUT2D eigenvalue weighted by atomic mass is 9.92. The van der Waals surface area contributed by atoms with E-state index in [1.807, 2.05) is 30.3 Å². The third kappa shape index (κ3) is 5.55. The second-order valence-corrected chi connectivity index (χ2v) is 9.62. The van der Waals surface area contributed by atoms with E-state index in [2.05, 4.69) is 21.2 Å². The highest BCUT2D eigenvalue weighted by molar-refractivity contribution is 9.10. The Kier molecular flexibility index (Phi) is 8.11. The number of carbonyl (C=O) groups excluding carboxylic acids is 1. The summed E-state index contributed by atoms with van der Waals surface area (Å²) >= 11 is 3.39. The predicted molar refractivity (Wildman–Crippen MR) is 138 cm³/mol. The first kappa shape index (κ1) is 27.3. The zero-order valence-electron chi connectivity index (χ0n) is 20.0. The standard InChI is InChI=1S/C28H21BrF4N2O3/c1-14-23(18-11-17(29)8-9-21(18)35-27(14)15-5-3-2-4-6-15)28(38)34-13-16(7-10-22(36)37)24-25(32)19(30)12-20(31)26(24)33/h2-6,8-9,11-12,16H,7,10,13H2,1H3,(H,34,38)(H,36,37)/t16-/m1/s1. The number of halogens is 5. The van der Waals surface area contributed by atoms with Crippen LogP contribution in [0.15, 0.2) is 59.1 Å². The van der Waals surface area contributed by atoms with E-state index in [-0.39, 0.29) is 18.1 Å². The zero-order chi connectivity index (χ0) is 27.6. The number of benzene rings is 3. The normalized spacial score (nSPS) is 11.9. The van der Waals surface area contributed by atoms with Gasteiger partial charge < -0.3 is 10.4 Å². The second-order valence-electron chi connectivity index (χ2n) is 8.71. The van der Waals surface area contributed by atoms with Gasteiger partial charge in [-0.1, -0.05) is 46.3 Å². The smallest absolute Gasteiger partial charge is 0.303 e. The number of carbonyl (C=O) groups is 2. The zero-order valence-corrected chi connectivity index (χ0v) is 21.6. The van der Waals surface area contributed by atoms with Crippen LogP contribution in [0.5, 0.6) is 0 Å². The van der Waals surface area contributed by atoms with Crippen LogP contribution in [-0.4, -0.2) is 28.5 Å². The average Bonchev–Trinajstić information content (AvgIpc) is 2.88. The summed E-state index contributed by atoms with van der Waals surface area (Å²) in [6.45, 7) is 1.24. The molecule has 1 aromatic heterocycles. The number of nitrogens with one attached hydrogen (secondary N) is 1. The molecular formula is C28H21BrF4N2O3. The minimum Gasteiger partial charge on any atom is -0.481 e. The van der Waals surface area contributed by atoms with Crippen molar-refractivity contribution in [1.29, 1.82) is 0 Å². The van der Waals surface area contributed by atoms with Gasteiger partial charge in [-0.15, -0.1) is 0 Å². The first-order valence-electron chi connectivity index (χ1n) is 11.6. The van der Waals surface area contributed by atoms with Gasteiger partial charge in [0, 0.05) is 45.9 Å². The molecule has 4 rings (SSSR count). The van der Waals surface area contributed by atoms with Crippen LogP contribution >= 0.6 is 15.9 Å². The Hall–Kier alpha value is -3.79. The summed E-state index contributed by atoms with van der Waals surface area (Å²) in [5.41, 5.74) is 1.68. The van der Waals surface area contributed by atoms with Crippen LogP contribution in [-0.2, 0) is 4.79 Å². The molecule has 0 unspecified atom stereocenters. The molecule has 0 aliphatic carbocycles. The fourth-order valence-electron chi connectivity index (χ4n) is 4.40. The van der Waals surface area contributed by atoms with Crippen molar-refractivity contribution in [3.8, 4) is 11.3 Å². The molecule has 0 saturated carbocycles. The van der Waals surface area contributed by atoms with Crippen molar-refractivity contribution in [2.45, 2.75) is 25.7 Å². The van der Waals surface area contributed by atoms with Crippen LogP contribution < -0.4 is 5.32 Å². The monoisotopic (exact) mass is 588 g/mol. The topological polar surface area (TPSA) is 79.3 Å². The third-order valence-electron chi connectivity index (χ3n) is 6.23. The molecule has 1 heterocycles. The first-order valence-corrected chi connectivity index (χ1v) is 12.4. The molecule has 3 aromatic carbocycles. The van der Waals surface area contributed by atoms with E-state index >= 15 is 0 Å². The molecule has 0 bridgehead atoms. The number of aliphatic carboxylic acids is 1. The number of nitrogens with zero attached hydrogens (tertiary/aromatic N) is 1. The number of carboxylic acids is 1. The van der Waals surface area contributed by atoms with Gasteiger partial charge in [0.25, 0.3) is 5.91 Å². The highest BCUT2D eigenvalue weighted by atomic mass is 79.9. The molecule has 0 fully saturated rings. The van der Waals surface area contributed by atoms with Gasteiger partial charge in [0.1, 0.15) is 0 Å². The number of rotatable bonds is 8. The molecule has 2 N–H and O–H groups in total. The van der Waals surface area contributed by atoms with E-state index in [1.165, 1.54) is 0 Å². The number of carboxylic acid groups (broad SMARTS) is 1. The highest BCUT2D eigenvalue weighted by Crippen LogP contribution is 2.33. The summed E-state index contributed by atoms with van der Waals surface area (Å²) in [4.78, 5) is 29.4. The minimum atomic E-state index is -1.63. The van der Waals surface area contributed by atoms with E-state index in [1.54, 1.807) is 25.1 Å². The van der Waals surface area contributed by atoms with Crippen molar-refractivity contribution in [2.75, 3.05) is 6.54 Å². The summed E-state index contributed by atoms with van der Waals surface area (Å²) in [6, 6.07) is 14.5. The summed E-state index contributed by atoms with van der Waals surface area (Å²) in [6.07, 6.45) is -0.914. The van der Waals surface area contributed by atoms with Gasteiger partial charge >= 0.3 is 5.97 Å². The SMILES string of the molecule is Cc1c(-c2ccccc2)nc2ccc(Br)cc2c1C(=O)NC[C@@H](CCC(=O)O)c1c(F)c(F)cc(F)c1F. The van der Waals surface area contributed by atoms with Gasteiger partial charge in [-0.05, 0) is 37.1 Å². The van der Waals surface area contributed by atoms with Gasteiger partial charge in [-0.3, -0.25) is 9.59 Å². The maximum absolute atomic E-state index is 14.6. The molecule has 0 aliphatic rings. The van der Waals surface area contributed by atoms with Crippen molar-refractivity contribution in [2.24, 2.45) is 0 Å². The number of pyridine rings is 1. The Morgan fingerprint density at radius 1 is 1.00 bits per heavy atom. The fraction of sp³-hybridized carbons (Fsp3) is 0.179. The van der Waals surface area contributed by atoms with E-state index in [0.717, 1.165) is 5.56 Å². The van der Waals surface area contributed by atoms with Gasteiger partial charge in [0.05, 0.1) is 16.8 Å². The maximum atomic E-state index is 14.6. The molecule has 0 spiro atoms. The van der Waals surface area contributed by atoms with Gasteiger partial charge in [0.15, 0.2) is 23.3 Å². The summed E-state index contributed by atoms with van der Waals surface area (Å²) in [5.74, 6) is -9.73. The summed E-state index contributed by atoms with van der Waals surface area (Å²) in [7, 11) is 0. The largest absolute Gasteiger partial charge is 0.481 e. The molecule has 5 nitrogen and oxygen atoms in total. The van der Waals surface area contributed by atoms with E-state index in [0.29, 0.717) is 26.6 Å². The maximum Gasteiger partial charge on any atom is 0.303 e. The third-order valence-corrected chi connectivity index (χ3v) is 6.73. The lowest BCUT2D eigenvalue weighted by Crippen LogP contribution is -2.30. The van der Waals surface area contributed by atoms with Crippen LogP contribution in [0.2, 0.25) is 0 Å². The van der Waals surface area contributed by atoms with Gasteiger partial charge in [-0.2, -0.15) is 0 Å². The molecule has 38 heavy (non-hydrogen) atoms. The molecule has 4 aromatic rings. The highest BCUT2D eigenvalue weighted by Gasteiger charge is 2.28. The molecule has 0 aliphatic heterocycles. The Morgan fingerprint density at radius 2 is 1.66 bits per heavy atom. The second kappa shape index (κ2) is 11.3. The Morgan fingerprint density at radius 3 is 2.29 bits per heavy atom. The number of hydrogen-bond donors (Lipinski definition) is 2. The van der Waals surface area contributed by atoms with Gasteiger partial charge in [0.2, 0.25) is 0 Å². The van der Waals surface area contributed by atoms with Crippen molar-refractivity contribution in [3.63, 3.8) is 0 Å². The Balaban J connectivity index is 1.76. The van der Waals surface area contributed by atoms with E-state index in [4.69, 9.17) is 10.1 Å². The summed E-state index contributed by atoms with van der Waals surface area (Å²) in [5, 5.41) is 12.2. The number of aromatic nitrogens is 1. The predicted octanol–water partition coefficient (Wildman–Crippen LogP) is 6.91. The minimum absolute atomic E-state index is 0.0798. The summed E-state index contributed by atoms with van der Waals surface area (Å²) < 4.78 is 57.7. The molecule has 196 valence electrons. The Labute approximate surface area is 223 Å². The molecule has 0 saturated heterocycles. The van der Waals surface area contributed by atoms with Crippen LogP contribution in [0.3, 0.4) is 0 Å². The number of hydrogen-bond acceptors (Lipinski definition) is 3. The van der Waals surface area contributed by atoms with Crippen molar-refractivity contribution >= 4 is 38.7 Å². The molecule has 1 atom stereocenters. The molecule has 0 radical (unpaired) electrons. The van der Waals surface area contributed by atoms with Crippen LogP contribution in [0, 0.1) is 30.2 Å². The van der Waals surface area contributed by atoms with E-state index < -0.39 is 59.6 Å². The molecule has 10 heteroatoms. The first-order chi connectivity index (χ1) is 18.1. The van der Waals surface area contributed by atoms with Crippen LogP contribution in [0.1, 0.15) is 40.2 Å². The molecular weight excluding hydrogens is 568 g/mol. The van der Waals surface area contributed by atoms with Crippen molar-refractivity contribution < 1.29 is 32.3 Å². The van der Waals surface area contributed by atoms with Crippen molar-refractivity contribution in [3.05, 3.63) is 99.0 Å². The van der Waals surface area contributed by atoms with E-state index in [9.17, 15) is 27.2 Å². The average molecular weight is 589 g/mol. The van der Waals surface area contributed by atoms with Gasteiger partial charge in [-0.25, -0.2) is 22.5 Å². The fourth-order valence-corrected chi connectivity index (χ4v) is 4.76. The number of fused-ring (bicyclic) bond motifs is 1. The number of amides is 1. The van der Waals surface area contributed by atoms with Crippen LogP contribution in [0.4, 0.5) is 17.6 Å². The quantitative estimate of drug-likeness (QED) is 0.173. The molecule has 1 amide bonds. The van der Waals surface area contributed by atoms with Crippen molar-refractivity contribution in [1.82, 2.24) is 10.3 Å². The Bertz CT molecular complexity index is 1520. The van der Waals surface area contributed by atoms with Crippen LogP contribution in [0.25, 0.3) is 22.2 Å². The lowest BCUT2D eigenvalue weighted by Gasteiger charge is -2.20. The lowest BCUT2D eigenvalue weighted by molar-refractivity contribution is -0.137.